The maximum absolute atomic E-state index is 14.4. The number of carboxylic acids is 1. The summed E-state index contributed by atoms with van der Waals surface area (Å²) >= 11 is 0. The van der Waals surface area contributed by atoms with Crippen molar-refractivity contribution in [3.8, 4) is 0 Å². The molecule has 4 aromatic rings. The number of ether oxygens (including phenoxy) is 7. The quantitative estimate of drug-likeness (QED) is 0.00871. The van der Waals surface area contributed by atoms with Gasteiger partial charge in [0, 0.05) is 62.0 Å². The van der Waals surface area contributed by atoms with Crippen LogP contribution in [0.2, 0.25) is 0 Å². The van der Waals surface area contributed by atoms with E-state index in [1.54, 1.807) is 90.1 Å². The lowest BCUT2D eigenvalue weighted by atomic mass is 10.1. The van der Waals surface area contributed by atoms with Crippen molar-refractivity contribution >= 4 is 104 Å². The summed E-state index contributed by atoms with van der Waals surface area (Å²) in [5, 5.41) is 26.3. The molecule has 10 atom stereocenters. The van der Waals surface area contributed by atoms with Gasteiger partial charge in [-0.05, 0) is 179 Å². The van der Waals surface area contributed by atoms with Crippen LogP contribution in [0.4, 0.5) is 48.9 Å². The van der Waals surface area contributed by atoms with E-state index in [0.29, 0.717) is 67.4 Å². The molecule has 10 amide bonds. The smallest absolute Gasteiger partial charge is 0.411 e. The highest BCUT2D eigenvalue weighted by Crippen LogP contribution is 2.47. The summed E-state index contributed by atoms with van der Waals surface area (Å²) in [5.74, 6) is -7.45. The van der Waals surface area contributed by atoms with Gasteiger partial charge in [-0.25, -0.2) is 73.4 Å². The molecule has 4 aliphatic carbocycles. The Morgan fingerprint density at radius 1 is 0.489 bits per heavy atom. The molecule has 6 fully saturated rings. The number of nitrogens with one attached hydrogen (secondary N) is 8. The summed E-state index contributed by atoms with van der Waals surface area (Å²) in [6.07, 6.45) is 10.8. The zero-order valence-electron chi connectivity index (χ0n) is 76.3. The number of fused-ring (bicyclic) bond motifs is 2. The Morgan fingerprint density at radius 3 is 1.23 bits per heavy atom. The Bertz CT molecular complexity index is 5180. The van der Waals surface area contributed by atoms with E-state index in [1.807, 2.05) is 0 Å². The molecule has 0 spiro atoms. The highest BCUT2D eigenvalue weighted by molar-refractivity contribution is 7.90. The first-order chi connectivity index (χ1) is 63.1. The number of halogens is 2. The van der Waals surface area contributed by atoms with Crippen molar-refractivity contribution in [2.24, 2.45) is 11.8 Å². The predicted molar refractivity (Wildman–Crippen MR) is 480 cm³/mol. The number of aliphatic carboxylic acids is 1. The van der Waals surface area contributed by atoms with Gasteiger partial charge in [0.25, 0.3) is 31.9 Å². The maximum Gasteiger partial charge on any atom is 0.411 e. The summed E-state index contributed by atoms with van der Waals surface area (Å²) in [4.78, 5) is 163. The number of likely N-dealkylation sites (tertiary alicyclic amines) is 2. The fraction of sp³-hybridized carbons (Fsp3) is 0.570. The fourth-order valence-electron chi connectivity index (χ4n) is 17.4. The molecule has 8 aliphatic rings. The third-order valence-corrected chi connectivity index (χ3v) is 27.5. The first-order valence-electron chi connectivity index (χ1n) is 45.5. The van der Waals surface area contributed by atoms with Crippen LogP contribution in [-0.2, 0) is 108 Å². The number of benzene rings is 4. The van der Waals surface area contributed by atoms with Crippen molar-refractivity contribution in [3.63, 3.8) is 0 Å². The number of amides is 10. The molecule has 0 aromatic heterocycles. The molecule has 36 nitrogen and oxygen atoms in total. The number of carbonyl (C=O) groups is 12. The second kappa shape index (κ2) is 44.8. The summed E-state index contributed by atoms with van der Waals surface area (Å²) in [6, 6.07) is 16.9. The van der Waals surface area contributed by atoms with Gasteiger partial charge in [0.2, 0.25) is 11.8 Å². The first kappa shape index (κ1) is 102. The van der Waals surface area contributed by atoms with Crippen LogP contribution in [0.15, 0.2) is 120 Å². The normalized spacial score (nSPS) is 21.8. The molecule has 4 heterocycles. The molecule has 2 saturated heterocycles. The van der Waals surface area contributed by atoms with Crippen LogP contribution in [0.1, 0.15) is 218 Å². The number of esters is 1. The predicted octanol–water partition coefficient (Wildman–Crippen LogP) is 12.3. The van der Waals surface area contributed by atoms with Gasteiger partial charge in [0.1, 0.15) is 92.3 Å². The molecular weight excluding hydrogens is 1770 g/mol. The Balaban J connectivity index is 0.000000256. The zero-order valence-corrected chi connectivity index (χ0v) is 77.9. The van der Waals surface area contributed by atoms with E-state index in [1.165, 1.54) is 65.5 Å². The van der Waals surface area contributed by atoms with Crippen LogP contribution >= 0.6 is 0 Å². The average molecular weight is 1900 g/mol. The first-order valence-corrected chi connectivity index (χ1v) is 48.5. The third-order valence-electron chi connectivity index (χ3n) is 24.7. The Kier molecular flexibility index (Phi) is 34.3. The van der Waals surface area contributed by atoms with Crippen LogP contribution < -0.4 is 41.3 Å². The molecule has 133 heavy (non-hydrogen) atoms. The van der Waals surface area contributed by atoms with Gasteiger partial charge >= 0.3 is 48.5 Å². The number of alkyl carbamates (subject to hydrolysis) is 2. The molecule has 12 rings (SSSR count). The lowest BCUT2D eigenvalue weighted by molar-refractivity contribution is -0.143. The summed E-state index contributed by atoms with van der Waals surface area (Å²) in [7, 11) is -7.74. The van der Waals surface area contributed by atoms with Crippen molar-refractivity contribution in [2.75, 3.05) is 43.9 Å². The summed E-state index contributed by atoms with van der Waals surface area (Å²) < 4.78 is 127. The van der Waals surface area contributed by atoms with E-state index < -0.39 is 174 Å². The number of methoxy groups -OCH3 is 1. The van der Waals surface area contributed by atoms with Crippen molar-refractivity contribution in [3.05, 3.63) is 144 Å². The minimum absolute atomic E-state index is 0.0125. The highest BCUT2D eigenvalue weighted by atomic mass is 32.2. The molecule has 0 unspecified atom stereocenters. The van der Waals surface area contributed by atoms with Crippen LogP contribution in [0, 0.1) is 23.5 Å². The fourth-order valence-corrected chi connectivity index (χ4v) is 19.9. The Labute approximate surface area is 773 Å². The number of anilines is 2. The number of carboxylic acid groups (broad SMARTS) is 1. The number of unbranched alkanes of at least 4 members (excludes halogenated alkanes) is 8. The molecule has 9 N–H and O–H groups in total. The largest absolute Gasteiger partial charge is 0.480 e. The number of sulfonamides is 2. The lowest BCUT2D eigenvalue weighted by Gasteiger charge is -2.29. The number of carbonyl (C=O) groups excluding carboxylic acids is 11. The van der Waals surface area contributed by atoms with Crippen molar-refractivity contribution in [1.82, 2.24) is 50.3 Å². The van der Waals surface area contributed by atoms with E-state index >= 15 is 0 Å². The molecular formula is C93H124F2N12O24S2. The average Bonchev–Trinajstić information content (AvgIpc) is 1.58. The van der Waals surface area contributed by atoms with Crippen LogP contribution in [-0.4, -0.2) is 218 Å². The van der Waals surface area contributed by atoms with Crippen LogP contribution in [0.5, 0.6) is 0 Å². The third kappa shape index (κ3) is 27.2. The number of para-hydroxylation sites is 2. The molecule has 4 saturated carbocycles. The maximum atomic E-state index is 14.4. The van der Waals surface area contributed by atoms with Gasteiger partial charge < -0.3 is 70.2 Å². The second-order valence-corrected chi connectivity index (χ2v) is 40.3. The standard InChI is InChI=1S/C47H63FN6O12S.C46H61FN6O12S/c1-6-31-26-47(31,51-40(55)38-25-33(28-54(38)45(60)66-46(2,3)4)65-44(59)53-27-30-17-16-20-35(48)34(30)29-53)42(57)52-67(61,62)39-23-14-13-21-36(39)49-24-15-9-7-8-10-22-37(41(56)63-5)50-43(58)64-32-18-11-12-19-32;1-5-30-25-46(30,50-39(54)37-24-32(27-53(37)44(60)65-45(2,3)4)64-43(59)52-26-29-16-15-19-34(47)33(29)28-52)41(57)51-66(61,62)38-22-13-12-20-35(38)48-23-14-8-6-7-9-21-36(40(55)56)49-42(58)63-31-17-10-11-18-31/h6,13-14,16-17,20-21,23,31-33,37-38,49H,1,7-12,15,18-19,22,24-29H2,2-5H3,(H,50,58)(H,51,55)(H,52,57);5,12-13,15-16,19-20,22,30-32,36-37,48H,1,6-11,14,17-18,21,23-28H2,2-4H3,(H,49,58)(H,50,54)(H,51,57)(H,55,56)/t31-,33-,37+,38+,47-;30-,32-,36+,37+,46-/m11/s1. The zero-order chi connectivity index (χ0) is 96.3. The molecule has 4 aromatic carbocycles. The number of hydrogen-bond donors (Lipinski definition) is 9. The molecule has 726 valence electrons. The van der Waals surface area contributed by atoms with E-state index in [4.69, 9.17) is 33.2 Å². The van der Waals surface area contributed by atoms with E-state index in [-0.39, 0.29) is 105 Å². The van der Waals surface area contributed by atoms with Gasteiger partial charge in [-0.2, -0.15) is 0 Å². The molecule has 0 bridgehead atoms. The topological polar surface area (TPSA) is 467 Å². The SMILES string of the molecule is C=C[C@@H]1C[C@]1(NC(=O)[C@@H]1C[C@@H](OC(=O)N2Cc3cccc(F)c3C2)CN1C(=O)OC(C)(C)C)C(=O)NS(=O)(=O)c1ccccc1NCCCCCCC[C@H](NC(=O)OC1CCCC1)C(=O)O.C=C[C@@H]1C[C@]1(NC(=O)[C@@H]1C[C@@H](OC(=O)N2Cc3cccc(F)c3C2)CN1C(=O)OC(C)(C)C)C(=O)NS(=O)(=O)c1ccccc1NCCCCCCC[C@H](NC(=O)OC1CCCC1)C(=O)OC. The number of nitrogens with zero attached hydrogens (tertiary/aromatic N) is 4. The summed E-state index contributed by atoms with van der Waals surface area (Å²) in [5.41, 5.74) is -2.82. The van der Waals surface area contributed by atoms with Crippen molar-refractivity contribution in [1.29, 1.82) is 0 Å². The van der Waals surface area contributed by atoms with Crippen LogP contribution in [0.3, 0.4) is 0 Å². The van der Waals surface area contributed by atoms with Gasteiger partial charge in [-0.3, -0.25) is 38.8 Å². The van der Waals surface area contributed by atoms with Crippen molar-refractivity contribution < 1.29 is 121 Å². The number of rotatable bonds is 38. The molecule has 0 radical (unpaired) electrons. The lowest BCUT2D eigenvalue weighted by Crippen LogP contribution is -2.56. The minimum Gasteiger partial charge on any atom is -0.480 e. The van der Waals surface area contributed by atoms with E-state index in [9.17, 15) is 88.3 Å². The monoisotopic (exact) mass is 1890 g/mol. The van der Waals surface area contributed by atoms with Gasteiger partial charge in [-0.15, -0.1) is 13.2 Å². The molecule has 4 aliphatic heterocycles. The Morgan fingerprint density at radius 2 is 0.865 bits per heavy atom. The van der Waals surface area contributed by atoms with Gasteiger partial charge in [-0.1, -0.05) is 112 Å². The molecule has 40 heteroatoms. The summed E-state index contributed by atoms with van der Waals surface area (Å²) in [6.45, 7) is 18.0. The van der Waals surface area contributed by atoms with Crippen molar-refractivity contribution in [2.45, 2.75) is 302 Å². The second-order valence-electron chi connectivity index (χ2n) is 37.0. The van der Waals surface area contributed by atoms with Gasteiger partial charge in [0.15, 0.2) is 0 Å². The van der Waals surface area contributed by atoms with E-state index in [0.717, 1.165) is 99.7 Å². The van der Waals surface area contributed by atoms with Crippen LogP contribution in [0.25, 0.3) is 0 Å². The number of hydrogen-bond acceptors (Lipinski definition) is 25. The minimum atomic E-state index is -4.51. The van der Waals surface area contributed by atoms with E-state index in [2.05, 4.69) is 54.5 Å². The van der Waals surface area contributed by atoms with Gasteiger partial charge in [0.05, 0.1) is 44.7 Å². The Hall–Kier alpha value is -11.8. The highest BCUT2D eigenvalue weighted by Gasteiger charge is 2.63.